The van der Waals surface area contributed by atoms with E-state index in [1.54, 1.807) is 47.9 Å². The van der Waals surface area contributed by atoms with Crippen molar-refractivity contribution in [2.45, 2.75) is 58.1 Å². The van der Waals surface area contributed by atoms with Gasteiger partial charge in [-0.3, -0.25) is 9.69 Å². The first-order chi connectivity index (χ1) is 15.0. The summed E-state index contributed by atoms with van der Waals surface area (Å²) in [5.74, 6) is 0.00541. The molecule has 1 atom stereocenters. The zero-order chi connectivity index (χ0) is 23.6. The van der Waals surface area contributed by atoms with Crippen LogP contribution in [0.25, 0.3) is 11.1 Å². The van der Waals surface area contributed by atoms with Crippen LogP contribution in [-0.4, -0.2) is 44.9 Å². The number of carbonyl (C=O) groups is 2. The number of rotatable bonds is 5. The van der Waals surface area contributed by atoms with Crippen molar-refractivity contribution in [3.8, 4) is 11.1 Å². The fourth-order valence-electron chi connectivity index (χ4n) is 3.96. The van der Waals surface area contributed by atoms with Gasteiger partial charge in [-0.25, -0.2) is 13.2 Å². The molecule has 2 amide bonds. The van der Waals surface area contributed by atoms with Crippen molar-refractivity contribution in [1.82, 2.24) is 0 Å². The van der Waals surface area contributed by atoms with Crippen molar-refractivity contribution < 1.29 is 22.7 Å². The van der Waals surface area contributed by atoms with Crippen LogP contribution in [0.15, 0.2) is 47.4 Å². The first-order valence-corrected chi connectivity index (χ1v) is 12.5. The summed E-state index contributed by atoms with van der Waals surface area (Å²) in [5.41, 5.74) is 2.85. The predicted octanol–water partition coefficient (Wildman–Crippen LogP) is 4.64. The summed E-state index contributed by atoms with van der Waals surface area (Å²) in [6.07, 6.45) is -0.176. The van der Waals surface area contributed by atoms with Crippen LogP contribution in [0, 0.1) is 0 Å². The summed E-state index contributed by atoms with van der Waals surface area (Å²) in [6.45, 7) is 9.13. The van der Waals surface area contributed by atoms with E-state index in [1.807, 2.05) is 32.0 Å². The largest absolute Gasteiger partial charge is 0.446 e. The second-order valence-corrected chi connectivity index (χ2v) is 10.4. The average molecular weight is 459 g/mol. The van der Waals surface area contributed by atoms with E-state index >= 15 is 0 Å². The minimum absolute atomic E-state index is 0.103. The van der Waals surface area contributed by atoms with Gasteiger partial charge < -0.3 is 9.64 Å². The summed E-state index contributed by atoms with van der Waals surface area (Å²) in [4.78, 5) is 28.6. The molecule has 0 bridgehead atoms. The van der Waals surface area contributed by atoms with E-state index in [0.717, 1.165) is 11.1 Å². The van der Waals surface area contributed by atoms with Crippen molar-refractivity contribution in [2.75, 3.05) is 22.1 Å². The van der Waals surface area contributed by atoms with Gasteiger partial charge in [-0.1, -0.05) is 25.1 Å². The molecule has 1 heterocycles. The van der Waals surface area contributed by atoms with Crippen LogP contribution >= 0.6 is 0 Å². The molecular formula is C24H30N2O5S. The lowest BCUT2D eigenvalue weighted by atomic mass is 10.0. The van der Waals surface area contributed by atoms with Gasteiger partial charge in [0, 0.05) is 13.5 Å². The Morgan fingerprint density at radius 3 is 2.25 bits per heavy atom. The molecule has 7 nitrogen and oxygen atoms in total. The Balaban J connectivity index is 2.04. The van der Waals surface area contributed by atoms with E-state index in [4.69, 9.17) is 4.74 Å². The standard InChI is InChI=1S/C24H30N2O5S/c1-6-13-32(29,30)21-10-7-19(8-11-21)20-9-12-22-23(14-20)25(24(28)31-16(2)3)15-17(4)26(22)18(5)27/h7-12,14,16-17H,6,13,15H2,1-5H3/t17-/m0/s1. The molecule has 1 aliphatic heterocycles. The lowest BCUT2D eigenvalue weighted by Crippen LogP contribution is -2.51. The molecule has 3 rings (SSSR count). The van der Waals surface area contributed by atoms with Gasteiger partial charge in [0.25, 0.3) is 0 Å². The number of nitrogens with zero attached hydrogens (tertiary/aromatic N) is 2. The van der Waals surface area contributed by atoms with Crippen LogP contribution in [0.3, 0.4) is 0 Å². The molecule has 2 aromatic carbocycles. The molecule has 8 heteroatoms. The number of fused-ring (bicyclic) bond motifs is 1. The monoisotopic (exact) mass is 458 g/mol. The molecule has 0 radical (unpaired) electrons. The molecular weight excluding hydrogens is 428 g/mol. The van der Waals surface area contributed by atoms with Crippen LogP contribution in [0.2, 0.25) is 0 Å². The van der Waals surface area contributed by atoms with Crippen molar-refractivity contribution >= 4 is 33.2 Å². The topological polar surface area (TPSA) is 84.0 Å². The quantitative estimate of drug-likeness (QED) is 0.652. The first-order valence-electron chi connectivity index (χ1n) is 10.8. The van der Waals surface area contributed by atoms with E-state index in [9.17, 15) is 18.0 Å². The zero-order valence-corrected chi connectivity index (χ0v) is 20.0. The molecule has 1 aliphatic rings. The van der Waals surface area contributed by atoms with Gasteiger partial charge in [-0.15, -0.1) is 0 Å². The van der Waals surface area contributed by atoms with E-state index in [-0.39, 0.29) is 23.8 Å². The van der Waals surface area contributed by atoms with Gasteiger partial charge in [0.1, 0.15) is 0 Å². The normalized spacial score (nSPS) is 16.1. The average Bonchev–Trinajstić information content (AvgIpc) is 2.72. The maximum absolute atomic E-state index is 12.8. The number of ether oxygens (including phenoxy) is 1. The molecule has 0 unspecified atom stereocenters. The fourth-order valence-corrected chi connectivity index (χ4v) is 5.29. The smallest absolute Gasteiger partial charge is 0.414 e. The SMILES string of the molecule is CCCS(=O)(=O)c1ccc(-c2ccc3c(c2)N(C(=O)OC(C)C)C[C@H](C)N3C(C)=O)cc1. The van der Waals surface area contributed by atoms with Crippen LogP contribution in [0.1, 0.15) is 41.0 Å². The molecule has 2 aromatic rings. The van der Waals surface area contributed by atoms with Gasteiger partial charge in [-0.2, -0.15) is 0 Å². The number of carbonyl (C=O) groups excluding carboxylic acids is 2. The van der Waals surface area contributed by atoms with Crippen molar-refractivity contribution in [2.24, 2.45) is 0 Å². The third-order valence-corrected chi connectivity index (χ3v) is 7.27. The Morgan fingerprint density at radius 2 is 1.69 bits per heavy atom. The third kappa shape index (κ3) is 4.80. The summed E-state index contributed by atoms with van der Waals surface area (Å²) >= 11 is 0. The van der Waals surface area contributed by atoms with Crippen molar-refractivity contribution in [3.63, 3.8) is 0 Å². The predicted molar refractivity (Wildman–Crippen MR) is 126 cm³/mol. The second kappa shape index (κ2) is 9.32. The Morgan fingerprint density at radius 1 is 1.06 bits per heavy atom. The number of hydrogen-bond acceptors (Lipinski definition) is 5. The van der Waals surface area contributed by atoms with Gasteiger partial charge in [0.15, 0.2) is 9.84 Å². The second-order valence-electron chi connectivity index (χ2n) is 8.33. The zero-order valence-electron chi connectivity index (χ0n) is 19.2. The minimum Gasteiger partial charge on any atom is -0.446 e. The van der Waals surface area contributed by atoms with Crippen LogP contribution < -0.4 is 9.80 Å². The highest BCUT2D eigenvalue weighted by atomic mass is 32.2. The van der Waals surface area contributed by atoms with Crippen LogP contribution in [0.5, 0.6) is 0 Å². The lowest BCUT2D eigenvalue weighted by molar-refractivity contribution is -0.117. The Kier molecular flexibility index (Phi) is 6.93. The Hall–Kier alpha value is -2.87. The maximum atomic E-state index is 12.8. The summed E-state index contributed by atoms with van der Waals surface area (Å²) in [6, 6.07) is 12.1. The molecule has 32 heavy (non-hydrogen) atoms. The molecule has 0 spiro atoms. The maximum Gasteiger partial charge on any atom is 0.414 e. The molecule has 0 N–H and O–H groups in total. The number of anilines is 2. The molecule has 172 valence electrons. The van der Waals surface area contributed by atoms with E-state index in [0.29, 0.717) is 29.2 Å². The van der Waals surface area contributed by atoms with E-state index < -0.39 is 15.9 Å². The third-order valence-electron chi connectivity index (χ3n) is 5.33. The van der Waals surface area contributed by atoms with Crippen molar-refractivity contribution in [1.29, 1.82) is 0 Å². The van der Waals surface area contributed by atoms with E-state index in [1.165, 1.54) is 6.92 Å². The fraction of sp³-hybridized carbons (Fsp3) is 0.417. The van der Waals surface area contributed by atoms with Gasteiger partial charge in [0.2, 0.25) is 5.91 Å². The molecule has 0 fully saturated rings. The number of amides is 2. The number of sulfone groups is 1. The number of hydrogen-bond donors (Lipinski definition) is 0. The molecule has 0 aromatic heterocycles. The molecule has 0 aliphatic carbocycles. The lowest BCUT2D eigenvalue weighted by Gasteiger charge is -2.40. The van der Waals surface area contributed by atoms with Crippen molar-refractivity contribution in [3.05, 3.63) is 42.5 Å². The number of benzene rings is 2. The summed E-state index contributed by atoms with van der Waals surface area (Å²) in [5, 5.41) is 0. The van der Waals surface area contributed by atoms with Gasteiger partial charge >= 0.3 is 6.09 Å². The highest BCUT2D eigenvalue weighted by Gasteiger charge is 2.34. The summed E-state index contributed by atoms with van der Waals surface area (Å²) < 4.78 is 30.1. The Labute approximate surface area is 189 Å². The van der Waals surface area contributed by atoms with Crippen LogP contribution in [-0.2, 0) is 19.4 Å². The summed E-state index contributed by atoms with van der Waals surface area (Å²) in [7, 11) is -3.29. The van der Waals surface area contributed by atoms with E-state index in [2.05, 4.69) is 0 Å². The first kappa shape index (κ1) is 23.8. The highest BCUT2D eigenvalue weighted by molar-refractivity contribution is 7.91. The molecule has 0 saturated carbocycles. The van der Waals surface area contributed by atoms with Gasteiger partial charge in [-0.05, 0) is 62.6 Å². The minimum atomic E-state index is -3.29. The van der Waals surface area contributed by atoms with Crippen LogP contribution in [0.4, 0.5) is 16.2 Å². The highest BCUT2D eigenvalue weighted by Crippen LogP contribution is 2.39. The Bertz CT molecular complexity index is 1110. The molecule has 0 saturated heterocycles. The van der Waals surface area contributed by atoms with Gasteiger partial charge in [0.05, 0.1) is 34.2 Å².